The molecule has 1 aromatic carbocycles. The van der Waals surface area contributed by atoms with Crippen LogP contribution in [0.2, 0.25) is 5.02 Å². The second-order valence-electron chi connectivity index (χ2n) is 7.64. The first-order chi connectivity index (χ1) is 13.2. The molecule has 0 amide bonds. The van der Waals surface area contributed by atoms with E-state index in [1.54, 1.807) is 7.11 Å². The second kappa shape index (κ2) is 11.5. The van der Waals surface area contributed by atoms with Crippen molar-refractivity contribution in [3.05, 3.63) is 28.8 Å². The number of benzene rings is 1. The van der Waals surface area contributed by atoms with Crippen LogP contribution in [0.1, 0.15) is 50.5 Å². The predicted octanol–water partition coefficient (Wildman–Crippen LogP) is 4.51. The number of nitrogens with zero attached hydrogens (tertiary/aromatic N) is 1. The van der Waals surface area contributed by atoms with Crippen LogP contribution in [0, 0.1) is 0 Å². The largest absolute Gasteiger partial charge is 0.496 e. The zero-order chi connectivity index (χ0) is 19.1. The SMILES string of the molecule is CN=C(NCC1(c2cc(Cl)ccc2OC)CCOCC1)NC1CCCCC1.I. The molecule has 0 radical (unpaired) electrons. The summed E-state index contributed by atoms with van der Waals surface area (Å²) in [7, 11) is 3.56. The van der Waals surface area contributed by atoms with Crippen LogP contribution in [-0.2, 0) is 10.2 Å². The normalized spacial score (nSPS) is 20.2. The molecule has 158 valence electrons. The third-order valence-corrected chi connectivity index (χ3v) is 6.18. The van der Waals surface area contributed by atoms with Gasteiger partial charge in [0.15, 0.2) is 5.96 Å². The summed E-state index contributed by atoms with van der Waals surface area (Å²) in [5.74, 6) is 1.77. The van der Waals surface area contributed by atoms with E-state index in [0.29, 0.717) is 6.04 Å². The van der Waals surface area contributed by atoms with Crippen molar-refractivity contribution >= 4 is 41.5 Å². The molecule has 1 aliphatic carbocycles. The fourth-order valence-electron chi connectivity index (χ4n) is 4.29. The molecular formula is C21H33ClIN3O2. The first kappa shape index (κ1) is 23.5. The van der Waals surface area contributed by atoms with Gasteiger partial charge in [-0.15, -0.1) is 24.0 Å². The standard InChI is InChI=1S/C21H32ClN3O2.HI/c1-23-20(25-17-6-4-3-5-7-17)24-15-21(10-12-27-13-11-21)18-14-16(22)8-9-19(18)26-2;/h8-9,14,17H,3-7,10-13,15H2,1-2H3,(H2,23,24,25);1H. The smallest absolute Gasteiger partial charge is 0.191 e. The molecule has 0 aromatic heterocycles. The molecular weight excluding hydrogens is 489 g/mol. The van der Waals surface area contributed by atoms with E-state index in [4.69, 9.17) is 21.1 Å². The highest BCUT2D eigenvalue weighted by Gasteiger charge is 2.37. The highest BCUT2D eigenvalue weighted by Crippen LogP contribution is 2.40. The van der Waals surface area contributed by atoms with Crippen LogP contribution in [0.4, 0.5) is 0 Å². The van der Waals surface area contributed by atoms with Crippen molar-refractivity contribution in [2.24, 2.45) is 4.99 Å². The molecule has 7 heteroatoms. The third-order valence-electron chi connectivity index (χ3n) is 5.95. The zero-order valence-corrected chi connectivity index (χ0v) is 20.0. The molecule has 1 aliphatic heterocycles. The zero-order valence-electron chi connectivity index (χ0n) is 16.9. The van der Waals surface area contributed by atoms with Gasteiger partial charge in [0.25, 0.3) is 0 Å². The lowest BCUT2D eigenvalue weighted by atomic mass is 9.73. The Kier molecular flexibility index (Phi) is 9.63. The number of hydrogen-bond donors (Lipinski definition) is 2. The van der Waals surface area contributed by atoms with Gasteiger partial charge in [-0.3, -0.25) is 4.99 Å². The Hall–Kier alpha value is -0.730. The van der Waals surface area contributed by atoms with Crippen LogP contribution in [0.5, 0.6) is 5.75 Å². The first-order valence-corrected chi connectivity index (χ1v) is 10.4. The molecule has 3 rings (SSSR count). The second-order valence-corrected chi connectivity index (χ2v) is 8.08. The van der Waals surface area contributed by atoms with Gasteiger partial charge >= 0.3 is 0 Å². The number of hydrogen-bond acceptors (Lipinski definition) is 3. The van der Waals surface area contributed by atoms with Gasteiger partial charge in [-0.25, -0.2) is 0 Å². The number of aliphatic imine (C=N–C) groups is 1. The summed E-state index contributed by atoms with van der Waals surface area (Å²) in [6.07, 6.45) is 8.25. The Bertz CT molecular complexity index is 645. The van der Waals surface area contributed by atoms with Gasteiger partial charge in [-0.05, 0) is 43.9 Å². The molecule has 0 spiro atoms. The minimum atomic E-state index is -0.0846. The van der Waals surface area contributed by atoms with E-state index in [9.17, 15) is 0 Å². The van der Waals surface area contributed by atoms with Crippen LogP contribution < -0.4 is 15.4 Å². The van der Waals surface area contributed by atoms with E-state index in [1.807, 2.05) is 25.2 Å². The first-order valence-electron chi connectivity index (χ1n) is 10.1. The van der Waals surface area contributed by atoms with Gasteiger partial charge in [0.2, 0.25) is 0 Å². The summed E-state index contributed by atoms with van der Waals surface area (Å²) in [6, 6.07) is 6.42. The van der Waals surface area contributed by atoms with Gasteiger partial charge in [-0.2, -0.15) is 0 Å². The minimum Gasteiger partial charge on any atom is -0.496 e. The van der Waals surface area contributed by atoms with Crippen LogP contribution in [-0.4, -0.2) is 45.9 Å². The molecule has 2 aliphatic rings. The van der Waals surface area contributed by atoms with Crippen LogP contribution in [0.15, 0.2) is 23.2 Å². The molecule has 1 aromatic rings. The van der Waals surface area contributed by atoms with E-state index < -0.39 is 0 Å². The number of methoxy groups -OCH3 is 1. The van der Waals surface area contributed by atoms with Gasteiger partial charge < -0.3 is 20.1 Å². The number of nitrogens with one attached hydrogen (secondary N) is 2. The summed E-state index contributed by atoms with van der Waals surface area (Å²) >= 11 is 6.33. The highest BCUT2D eigenvalue weighted by atomic mass is 127. The topological polar surface area (TPSA) is 54.9 Å². The summed E-state index contributed by atoms with van der Waals surface area (Å²) in [6.45, 7) is 2.26. The summed E-state index contributed by atoms with van der Waals surface area (Å²) in [5.41, 5.74) is 1.07. The van der Waals surface area contributed by atoms with Crippen molar-refractivity contribution in [3.63, 3.8) is 0 Å². The molecule has 0 atom stereocenters. The molecule has 5 nitrogen and oxygen atoms in total. The minimum absolute atomic E-state index is 0. The van der Waals surface area contributed by atoms with Crippen molar-refractivity contribution in [1.29, 1.82) is 0 Å². The highest BCUT2D eigenvalue weighted by molar-refractivity contribution is 14.0. The Morgan fingerprint density at radius 1 is 1.25 bits per heavy atom. The number of ether oxygens (including phenoxy) is 2. The van der Waals surface area contributed by atoms with Crippen LogP contribution in [0.25, 0.3) is 0 Å². The number of halogens is 2. The number of rotatable bonds is 5. The van der Waals surface area contributed by atoms with Gasteiger partial charge in [0.05, 0.1) is 7.11 Å². The molecule has 28 heavy (non-hydrogen) atoms. The lowest BCUT2D eigenvalue weighted by Crippen LogP contribution is -2.50. The van der Waals surface area contributed by atoms with Gasteiger partial charge in [0.1, 0.15) is 5.75 Å². The van der Waals surface area contributed by atoms with E-state index >= 15 is 0 Å². The molecule has 1 saturated heterocycles. The van der Waals surface area contributed by atoms with Crippen molar-refractivity contribution in [2.45, 2.75) is 56.4 Å². The van der Waals surface area contributed by atoms with E-state index in [0.717, 1.165) is 54.9 Å². The Morgan fingerprint density at radius 2 is 1.96 bits per heavy atom. The monoisotopic (exact) mass is 521 g/mol. The maximum Gasteiger partial charge on any atom is 0.191 e. The average molecular weight is 522 g/mol. The van der Waals surface area contributed by atoms with E-state index in [1.165, 1.54) is 32.1 Å². The molecule has 2 fully saturated rings. The molecule has 1 saturated carbocycles. The van der Waals surface area contributed by atoms with Crippen LogP contribution in [0.3, 0.4) is 0 Å². The summed E-state index contributed by atoms with van der Waals surface area (Å²) in [4.78, 5) is 4.46. The number of guanidine groups is 1. The average Bonchev–Trinajstić information content (AvgIpc) is 2.72. The van der Waals surface area contributed by atoms with E-state index in [2.05, 4.69) is 15.6 Å². The third kappa shape index (κ3) is 5.89. The maximum atomic E-state index is 6.33. The van der Waals surface area contributed by atoms with Gasteiger partial charge in [0, 0.05) is 48.8 Å². The van der Waals surface area contributed by atoms with Crippen molar-refractivity contribution in [3.8, 4) is 5.75 Å². The lowest BCUT2D eigenvalue weighted by molar-refractivity contribution is 0.0505. The Morgan fingerprint density at radius 3 is 2.61 bits per heavy atom. The van der Waals surface area contributed by atoms with Crippen molar-refractivity contribution < 1.29 is 9.47 Å². The van der Waals surface area contributed by atoms with Crippen molar-refractivity contribution in [2.75, 3.05) is 33.9 Å². The Balaban J connectivity index is 0.00000280. The fourth-order valence-corrected chi connectivity index (χ4v) is 4.46. The maximum absolute atomic E-state index is 6.33. The fraction of sp³-hybridized carbons (Fsp3) is 0.667. The van der Waals surface area contributed by atoms with Crippen molar-refractivity contribution in [1.82, 2.24) is 10.6 Å². The predicted molar refractivity (Wildman–Crippen MR) is 127 cm³/mol. The van der Waals surface area contributed by atoms with Crippen LogP contribution >= 0.6 is 35.6 Å². The molecule has 2 N–H and O–H groups in total. The lowest BCUT2D eigenvalue weighted by Gasteiger charge is -2.39. The molecule has 1 heterocycles. The van der Waals surface area contributed by atoms with Gasteiger partial charge in [-0.1, -0.05) is 30.9 Å². The summed E-state index contributed by atoms with van der Waals surface area (Å²) in [5, 5.41) is 7.92. The summed E-state index contributed by atoms with van der Waals surface area (Å²) < 4.78 is 11.3. The van der Waals surface area contributed by atoms with E-state index in [-0.39, 0.29) is 29.4 Å². The molecule has 0 unspecified atom stereocenters. The quantitative estimate of drug-likeness (QED) is 0.340. The Labute approximate surface area is 191 Å². The molecule has 0 bridgehead atoms.